The molecule has 6 nitrogen and oxygen atoms in total. The molecule has 176 valence electrons. The first-order valence-corrected chi connectivity index (χ1v) is 13.4. The number of hydrogen-bond donors (Lipinski definition) is 0. The average molecular weight is 560 g/mol. The normalized spacial score (nSPS) is 15.7. The monoisotopic (exact) mass is 558 g/mol. The quantitative estimate of drug-likeness (QED) is 0.333. The summed E-state index contributed by atoms with van der Waals surface area (Å²) in [6, 6.07) is 12.9. The van der Waals surface area contributed by atoms with Crippen molar-refractivity contribution in [1.82, 2.24) is 4.57 Å². The third-order valence-corrected chi connectivity index (χ3v) is 7.65. The van der Waals surface area contributed by atoms with E-state index in [0.29, 0.717) is 26.4 Å². The summed E-state index contributed by atoms with van der Waals surface area (Å²) in [7, 11) is 1.59. The first-order chi connectivity index (χ1) is 16.4. The van der Waals surface area contributed by atoms with Crippen molar-refractivity contribution in [2.75, 3.05) is 20.0 Å². The number of halogens is 1. The number of allylic oxidation sites excluding steroid dienone is 1. The molecule has 0 spiro atoms. The molecular formula is C25H23BrN2O4S2. The fraction of sp³-hybridized carbons (Fsp3) is 0.240. The fourth-order valence-electron chi connectivity index (χ4n) is 3.85. The minimum Gasteiger partial charge on any atom is -0.496 e. The molecule has 34 heavy (non-hydrogen) atoms. The Balaban J connectivity index is 1.96. The lowest BCUT2D eigenvalue weighted by atomic mass is 9.96. The van der Waals surface area contributed by atoms with E-state index in [1.54, 1.807) is 43.4 Å². The van der Waals surface area contributed by atoms with Crippen LogP contribution in [-0.2, 0) is 9.53 Å². The molecule has 2 aromatic carbocycles. The number of nitrogens with zero attached hydrogens (tertiary/aromatic N) is 2. The van der Waals surface area contributed by atoms with E-state index < -0.39 is 12.0 Å². The lowest BCUT2D eigenvalue weighted by Gasteiger charge is -2.24. The van der Waals surface area contributed by atoms with Gasteiger partial charge >= 0.3 is 5.97 Å². The molecule has 9 heteroatoms. The maximum atomic E-state index is 13.7. The predicted molar refractivity (Wildman–Crippen MR) is 139 cm³/mol. The van der Waals surface area contributed by atoms with Crippen LogP contribution in [0.4, 0.5) is 0 Å². The van der Waals surface area contributed by atoms with E-state index in [2.05, 4.69) is 20.9 Å². The van der Waals surface area contributed by atoms with Gasteiger partial charge in [-0.25, -0.2) is 9.79 Å². The van der Waals surface area contributed by atoms with Crippen molar-refractivity contribution >= 4 is 51.1 Å². The zero-order valence-corrected chi connectivity index (χ0v) is 22.3. The molecule has 3 aromatic rings. The molecule has 0 fully saturated rings. The minimum atomic E-state index is -0.627. The number of aromatic nitrogens is 1. The Morgan fingerprint density at radius 2 is 2.00 bits per heavy atom. The lowest BCUT2D eigenvalue weighted by Crippen LogP contribution is -2.39. The van der Waals surface area contributed by atoms with Gasteiger partial charge in [0, 0.05) is 14.9 Å². The van der Waals surface area contributed by atoms with Crippen molar-refractivity contribution in [2.24, 2.45) is 4.99 Å². The Bertz CT molecular complexity index is 1460. The Kier molecular flexibility index (Phi) is 7.45. The minimum absolute atomic E-state index is 0.223. The number of thiazole rings is 1. The molecule has 4 rings (SSSR count). The number of rotatable bonds is 6. The second-order valence-electron chi connectivity index (χ2n) is 7.46. The average Bonchev–Trinajstić information content (AvgIpc) is 3.13. The van der Waals surface area contributed by atoms with Gasteiger partial charge in [-0.1, -0.05) is 39.4 Å². The summed E-state index contributed by atoms with van der Waals surface area (Å²) in [6.07, 6.45) is 3.80. The van der Waals surface area contributed by atoms with Crippen molar-refractivity contribution in [3.8, 4) is 5.75 Å². The van der Waals surface area contributed by atoms with Crippen LogP contribution in [0.15, 0.2) is 72.9 Å². The Labute approximate surface area is 213 Å². The number of esters is 1. The van der Waals surface area contributed by atoms with Crippen LogP contribution >= 0.6 is 39.0 Å². The number of carbonyl (C=O) groups excluding carboxylic acids is 1. The fourth-order valence-corrected chi connectivity index (χ4v) is 5.68. The van der Waals surface area contributed by atoms with E-state index in [4.69, 9.17) is 9.47 Å². The standard InChI is InChI=1S/C25H23BrN2O4S2/c1-5-32-24(30)21-14(2)27-25-28(22(21)15-6-9-18(33-4)10-7-15)23(29)20(34-25)13-16-12-17(26)8-11-19(16)31-3/h6-13,22H,5H2,1-4H3/b20-13-. The topological polar surface area (TPSA) is 69.9 Å². The number of fused-ring (bicyclic) bond motifs is 1. The molecule has 0 amide bonds. The maximum absolute atomic E-state index is 13.7. The highest BCUT2D eigenvalue weighted by Gasteiger charge is 2.33. The van der Waals surface area contributed by atoms with Gasteiger partial charge in [-0.2, -0.15) is 0 Å². The summed E-state index contributed by atoms with van der Waals surface area (Å²) in [4.78, 5) is 32.9. The smallest absolute Gasteiger partial charge is 0.338 e. The van der Waals surface area contributed by atoms with E-state index in [1.165, 1.54) is 11.3 Å². The Morgan fingerprint density at radius 3 is 2.65 bits per heavy atom. The van der Waals surface area contributed by atoms with Gasteiger partial charge in [0.15, 0.2) is 4.80 Å². The summed E-state index contributed by atoms with van der Waals surface area (Å²) in [5.74, 6) is 0.187. The Morgan fingerprint density at radius 1 is 1.26 bits per heavy atom. The molecule has 0 saturated heterocycles. The van der Waals surface area contributed by atoms with Crippen LogP contribution < -0.4 is 19.6 Å². The second-order valence-corrected chi connectivity index (χ2v) is 10.3. The van der Waals surface area contributed by atoms with Crippen molar-refractivity contribution in [2.45, 2.75) is 24.8 Å². The van der Waals surface area contributed by atoms with Crippen molar-refractivity contribution in [3.63, 3.8) is 0 Å². The highest BCUT2D eigenvalue weighted by molar-refractivity contribution is 9.10. The third kappa shape index (κ3) is 4.64. The van der Waals surface area contributed by atoms with Crippen LogP contribution in [-0.4, -0.2) is 30.5 Å². The molecule has 1 aromatic heterocycles. The molecule has 0 aliphatic carbocycles. The summed E-state index contributed by atoms with van der Waals surface area (Å²) >= 11 is 6.39. The van der Waals surface area contributed by atoms with Gasteiger partial charge in [0.1, 0.15) is 5.75 Å². The second kappa shape index (κ2) is 10.3. The van der Waals surface area contributed by atoms with E-state index in [9.17, 15) is 9.59 Å². The molecule has 0 bridgehead atoms. The molecule has 0 radical (unpaired) electrons. The van der Waals surface area contributed by atoms with Gasteiger partial charge in [0.2, 0.25) is 0 Å². The number of carbonyl (C=O) groups is 1. The predicted octanol–water partition coefficient (Wildman–Crippen LogP) is 4.29. The van der Waals surface area contributed by atoms with Crippen molar-refractivity contribution < 1.29 is 14.3 Å². The van der Waals surface area contributed by atoms with E-state index in [-0.39, 0.29) is 12.2 Å². The van der Waals surface area contributed by atoms with Crippen LogP contribution in [0.2, 0.25) is 0 Å². The molecular weight excluding hydrogens is 536 g/mol. The molecule has 1 aliphatic heterocycles. The highest BCUT2D eigenvalue weighted by atomic mass is 79.9. The maximum Gasteiger partial charge on any atom is 0.338 e. The summed E-state index contributed by atoms with van der Waals surface area (Å²) in [5.41, 5.74) is 2.29. The van der Waals surface area contributed by atoms with E-state index in [1.807, 2.05) is 48.7 Å². The molecule has 0 saturated carbocycles. The van der Waals surface area contributed by atoms with Gasteiger partial charge in [-0.3, -0.25) is 9.36 Å². The zero-order valence-electron chi connectivity index (χ0n) is 19.1. The van der Waals surface area contributed by atoms with Crippen LogP contribution in [0, 0.1) is 0 Å². The molecule has 2 heterocycles. The third-order valence-electron chi connectivity index (χ3n) is 5.43. The number of hydrogen-bond acceptors (Lipinski definition) is 7. The van der Waals surface area contributed by atoms with E-state index >= 15 is 0 Å². The van der Waals surface area contributed by atoms with Gasteiger partial charge in [-0.15, -0.1) is 11.8 Å². The van der Waals surface area contributed by atoms with Gasteiger partial charge in [0.05, 0.1) is 35.6 Å². The highest BCUT2D eigenvalue weighted by Crippen LogP contribution is 2.32. The molecule has 1 unspecified atom stereocenters. The molecule has 1 atom stereocenters. The van der Waals surface area contributed by atoms with Crippen LogP contribution in [0.25, 0.3) is 6.08 Å². The first-order valence-electron chi connectivity index (χ1n) is 10.5. The largest absolute Gasteiger partial charge is 0.496 e. The molecule has 0 N–H and O–H groups in total. The first kappa shape index (κ1) is 24.5. The molecule has 1 aliphatic rings. The Hall–Kier alpha value is -2.62. The van der Waals surface area contributed by atoms with Crippen LogP contribution in [0.1, 0.15) is 31.0 Å². The zero-order chi connectivity index (χ0) is 24.4. The van der Waals surface area contributed by atoms with Gasteiger partial charge in [-0.05, 0) is 62.1 Å². The lowest BCUT2D eigenvalue weighted by molar-refractivity contribution is -0.139. The van der Waals surface area contributed by atoms with Gasteiger partial charge in [0.25, 0.3) is 5.56 Å². The number of benzene rings is 2. The summed E-state index contributed by atoms with van der Waals surface area (Å²) in [6.45, 7) is 3.78. The number of thioether (sulfide) groups is 1. The number of ether oxygens (including phenoxy) is 2. The summed E-state index contributed by atoms with van der Waals surface area (Å²) in [5, 5.41) is 0. The van der Waals surface area contributed by atoms with Crippen molar-refractivity contribution in [1.29, 1.82) is 0 Å². The van der Waals surface area contributed by atoms with E-state index in [0.717, 1.165) is 20.5 Å². The van der Waals surface area contributed by atoms with Crippen LogP contribution in [0.3, 0.4) is 0 Å². The van der Waals surface area contributed by atoms with Gasteiger partial charge < -0.3 is 9.47 Å². The summed E-state index contributed by atoms with van der Waals surface area (Å²) < 4.78 is 13.8. The van der Waals surface area contributed by atoms with Crippen LogP contribution in [0.5, 0.6) is 5.75 Å². The SMILES string of the molecule is CCOC(=O)C1=C(C)N=c2s/c(=C\c3cc(Br)ccc3OC)c(=O)n2C1c1ccc(SC)cc1. The number of methoxy groups -OCH3 is 1. The van der Waals surface area contributed by atoms with Crippen molar-refractivity contribution in [3.05, 3.63) is 89.0 Å².